The lowest BCUT2D eigenvalue weighted by molar-refractivity contribution is -0.116. The van der Waals surface area contributed by atoms with Crippen molar-refractivity contribution >= 4 is 17.5 Å². The lowest BCUT2D eigenvalue weighted by Crippen LogP contribution is -2.25. The number of rotatable bonds is 9. The Morgan fingerprint density at radius 3 is 2.39 bits per heavy atom. The predicted octanol–water partition coefficient (Wildman–Crippen LogP) is 4.97. The molecule has 33 heavy (non-hydrogen) atoms. The number of para-hydroxylation sites is 1. The Bertz CT molecular complexity index is 1110. The van der Waals surface area contributed by atoms with Crippen LogP contribution in [0, 0.1) is 26.7 Å². The summed E-state index contributed by atoms with van der Waals surface area (Å²) in [5.74, 6) is 0.171. The second-order valence-electron chi connectivity index (χ2n) is 8.99. The lowest BCUT2D eigenvalue weighted by atomic mass is 10.1. The van der Waals surface area contributed by atoms with E-state index in [1.54, 1.807) is 18.2 Å². The number of anilines is 1. The molecule has 2 amide bonds. The molecule has 0 atom stereocenters. The van der Waals surface area contributed by atoms with Crippen LogP contribution in [0.1, 0.15) is 58.7 Å². The van der Waals surface area contributed by atoms with Crippen LogP contribution in [0.15, 0.2) is 48.5 Å². The van der Waals surface area contributed by atoms with E-state index in [0.717, 1.165) is 29.1 Å². The second-order valence-corrected chi connectivity index (χ2v) is 8.99. The van der Waals surface area contributed by atoms with E-state index in [1.807, 2.05) is 48.9 Å². The Balaban J connectivity index is 1.61. The zero-order chi connectivity index (χ0) is 24.0. The predicted molar refractivity (Wildman–Crippen MR) is 132 cm³/mol. The highest BCUT2D eigenvalue weighted by Crippen LogP contribution is 2.19. The zero-order valence-corrected chi connectivity index (χ0v) is 20.2. The monoisotopic (exact) mass is 446 g/mol. The molecule has 0 aliphatic rings. The van der Waals surface area contributed by atoms with Crippen LogP contribution in [0.5, 0.6) is 0 Å². The molecule has 6 nitrogen and oxygen atoms in total. The van der Waals surface area contributed by atoms with E-state index >= 15 is 0 Å². The summed E-state index contributed by atoms with van der Waals surface area (Å²) < 4.78 is 2.03. The molecule has 0 radical (unpaired) electrons. The highest BCUT2D eigenvalue weighted by molar-refractivity contribution is 6.03. The van der Waals surface area contributed by atoms with Gasteiger partial charge in [0, 0.05) is 25.2 Å². The van der Waals surface area contributed by atoms with Crippen LogP contribution in [0.3, 0.4) is 0 Å². The van der Waals surface area contributed by atoms with Crippen molar-refractivity contribution in [1.29, 1.82) is 0 Å². The van der Waals surface area contributed by atoms with Gasteiger partial charge in [-0.2, -0.15) is 5.10 Å². The maximum atomic E-state index is 12.8. The Labute approximate surface area is 196 Å². The molecule has 0 unspecified atom stereocenters. The fourth-order valence-electron chi connectivity index (χ4n) is 3.84. The first-order chi connectivity index (χ1) is 15.7. The topological polar surface area (TPSA) is 76.0 Å². The molecule has 0 bridgehead atoms. The van der Waals surface area contributed by atoms with Crippen molar-refractivity contribution in [3.8, 4) is 0 Å². The molecule has 2 aromatic carbocycles. The number of nitrogens with one attached hydrogen (secondary N) is 2. The van der Waals surface area contributed by atoms with E-state index in [9.17, 15) is 9.59 Å². The molecule has 1 heterocycles. The minimum Gasteiger partial charge on any atom is -0.348 e. The summed E-state index contributed by atoms with van der Waals surface area (Å²) in [6, 6.07) is 15.1. The van der Waals surface area contributed by atoms with E-state index in [1.165, 1.54) is 5.56 Å². The third-order valence-corrected chi connectivity index (χ3v) is 5.69. The molecule has 0 aliphatic heterocycles. The fourth-order valence-corrected chi connectivity index (χ4v) is 3.84. The molecule has 0 saturated heterocycles. The van der Waals surface area contributed by atoms with Crippen LogP contribution in [0.4, 0.5) is 5.69 Å². The molecule has 3 aromatic rings. The van der Waals surface area contributed by atoms with Crippen molar-refractivity contribution < 1.29 is 9.59 Å². The summed E-state index contributed by atoms with van der Waals surface area (Å²) in [5, 5.41) is 10.5. The van der Waals surface area contributed by atoms with Gasteiger partial charge in [-0.3, -0.25) is 14.3 Å². The minimum atomic E-state index is -0.215. The highest BCUT2D eigenvalue weighted by Gasteiger charge is 2.16. The summed E-state index contributed by atoms with van der Waals surface area (Å²) in [7, 11) is 0. The van der Waals surface area contributed by atoms with Crippen LogP contribution in [0.25, 0.3) is 0 Å². The van der Waals surface area contributed by atoms with Gasteiger partial charge in [0.1, 0.15) is 0 Å². The van der Waals surface area contributed by atoms with Crippen molar-refractivity contribution in [3.05, 3.63) is 82.2 Å². The van der Waals surface area contributed by atoms with Crippen molar-refractivity contribution in [2.75, 3.05) is 5.32 Å². The van der Waals surface area contributed by atoms with Gasteiger partial charge < -0.3 is 10.6 Å². The number of hydrogen-bond acceptors (Lipinski definition) is 3. The quantitative estimate of drug-likeness (QED) is 0.487. The molecule has 0 aliphatic carbocycles. The summed E-state index contributed by atoms with van der Waals surface area (Å²) in [5.41, 5.74) is 6.38. The first kappa shape index (κ1) is 24.2. The Morgan fingerprint density at radius 2 is 1.70 bits per heavy atom. The average molecular weight is 447 g/mol. The maximum Gasteiger partial charge on any atom is 0.253 e. The number of amides is 2. The molecular formula is C27H34N4O2. The van der Waals surface area contributed by atoms with Crippen molar-refractivity contribution in [3.63, 3.8) is 0 Å². The largest absolute Gasteiger partial charge is 0.348 e. The number of carbonyl (C=O) groups is 2. The molecule has 3 rings (SSSR count). The normalized spacial score (nSPS) is 11.0. The average Bonchev–Trinajstić information content (AvgIpc) is 3.03. The molecule has 6 heteroatoms. The van der Waals surface area contributed by atoms with Crippen LogP contribution in [0.2, 0.25) is 0 Å². The molecule has 1 aromatic heterocycles. The summed E-state index contributed by atoms with van der Waals surface area (Å²) >= 11 is 0. The zero-order valence-electron chi connectivity index (χ0n) is 20.2. The first-order valence-corrected chi connectivity index (χ1v) is 11.5. The standard InChI is InChI=1S/C27H34N4O2/c1-18(2)17-31-21(5)23(20(4)30-31)14-15-26(32)29-25-9-7-6-8-24(25)27(33)28-16-22-12-10-19(3)11-13-22/h6-13,18H,14-17H2,1-5H3,(H,28,33)(H,29,32). The van der Waals surface area contributed by atoms with Crippen molar-refractivity contribution in [2.45, 2.75) is 60.5 Å². The van der Waals surface area contributed by atoms with Gasteiger partial charge in [-0.05, 0) is 56.4 Å². The van der Waals surface area contributed by atoms with Gasteiger partial charge in [0.05, 0.1) is 16.9 Å². The van der Waals surface area contributed by atoms with E-state index in [2.05, 4.69) is 36.5 Å². The minimum absolute atomic E-state index is 0.121. The van der Waals surface area contributed by atoms with Crippen LogP contribution in [-0.2, 0) is 24.3 Å². The molecule has 0 spiro atoms. The van der Waals surface area contributed by atoms with Gasteiger partial charge in [-0.15, -0.1) is 0 Å². The van der Waals surface area contributed by atoms with Gasteiger partial charge in [0.2, 0.25) is 5.91 Å². The van der Waals surface area contributed by atoms with E-state index in [4.69, 9.17) is 0 Å². The van der Waals surface area contributed by atoms with Crippen LogP contribution < -0.4 is 10.6 Å². The van der Waals surface area contributed by atoms with Gasteiger partial charge >= 0.3 is 0 Å². The van der Waals surface area contributed by atoms with Gasteiger partial charge in [-0.1, -0.05) is 55.8 Å². The van der Waals surface area contributed by atoms with E-state index in [-0.39, 0.29) is 11.8 Å². The number of aromatic nitrogens is 2. The number of benzene rings is 2. The Morgan fingerprint density at radius 1 is 1.00 bits per heavy atom. The third kappa shape index (κ3) is 6.54. The first-order valence-electron chi connectivity index (χ1n) is 11.5. The molecule has 0 saturated carbocycles. The van der Waals surface area contributed by atoms with Crippen LogP contribution in [-0.4, -0.2) is 21.6 Å². The SMILES string of the molecule is Cc1ccc(CNC(=O)c2ccccc2NC(=O)CCc2c(C)nn(CC(C)C)c2C)cc1. The second kappa shape index (κ2) is 10.9. The molecule has 2 N–H and O–H groups in total. The smallest absolute Gasteiger partial charge is 0.253 e. The Kier molecular flexibility index (Phi) is 8.04. The molecule has 0 fully saturated rings. The summed E-state index contributed by atoms with van der Waals surface area (Å²) in [6.07, 6.45) is 0.942. The van der Waals surface area contributed by atoms with Crippen LogP contribution >= 0.6 is 0 Å². The van der Waals surface area contributed by atoms with Gasteiger partial charge in [0.25, 0.3) is 5.91 Å². The van der Waals surface area contributed by atoms with Gasteiger partial charge in [-0.25, -0.2) is 0 Å². The molecular weight excluding hydrogens is 412 g/mol. The molecule has 174 valence electrons. The lowest BCUT2D eigenvalue weighted by Gasteiger charge is -2.12. The highest BCUT2D eigenvalue weighted by atomic mass is 16.2. The fraction of sp³-hybridized carbons (Fsp3) is 0.370. The van der Waals surface area contributed by atoms with E-state index < -0.39 is 0 Å². The summed E-state index contributed by atoms with van der Waals surface area (Å²) in [6.45, 7) is 11.7. The Hall–Kier alpha value is -3.41. The van der Waals surface area contributed by atoms with Gasteiger partial charge in [0.15, 0.2) is 0 Å². The van der Waals surface area contributed by atoms with E-state index in [0.29, 0.717) is 36.6 Å². The van der Waals surface area contributed by atoms with Crippen molar-refractivity contribution in [2.24, 2.45) is 5.92 Å². The third-order valence-electron chi connectivity index (χ3n) is 5.69. The maximum absolute atomic E-state index is 12.8. The summed E-state index contributed by atoms with van der Waals surface area (Å²) in [4.78, 5) is 25.5. The van der Waals surface area contributed by atoms with Crippen molar-refractivity contribution in [1.82, 2.24) is 15.1 Å². The number of carbonyl (C=O) groups excluding carboxylic acids is 2. The number of hydrogen-bond donors (Lipinski definition) is 2. The number of aryl methyl sites for hydroxylation is 2. The number of nitrogens with zero attached hydrogens (tertiary/aromatic N) is 2.